The Hall–Kier alpha value is -3.52. The normalized spacial score (nSPS) is 11.4. The van der Waals surface area contributed by atoms with Crippen molar-refractivity contribution in [2.45, 2.75) is 13.8 Å². The van der Waals surface area contributed by atoms with Crippen LogP contribution in [0.3, 0.4) is 0 Å². The van der Waals surface area contributed by atoms with Gasteiger partial charge in [0, 0.05) is 10.9 Å². The number of thiazole rings is 1. The van der Waals surface area contributed by atoms with Gasteiger partial charge in [0.15, 0.2) is 5.69 Å². The lowest BCUT2D eigenvalue weighted by Gasteiger charge is -1.97. The summed E-state index contributed by atoms with van der Waals surface area (Å²) in [4.78, 5) is 17.3. The predicted octanol–water partition coefficient (Wildman–Crippen LogP) is 5.03. The van der Waals surface area contributed by atoms with Gasteiger partial charge in [-0.25, -0.2) is 4.98 Å². The summed E-state index contributed by atoms with van der Waals surface area (Å²) in [6.07, 6.45) is 0. The number of azo groups is 1. The smallest absolute Gasteiger partial charge is 0.301 e. The quantitative estimate of drug-likeness (QED) is 0.478. The maximum absolute atomic E-state index is 12.8. The van der Waals surface area contributed by atoms with Crippen LogP contribution in [0.15, 0.2) is 68.9 Å². The van der Waals surface area contributed by atoms with E-state index in [-0.39, 0.29) is 17.0 Å². The number of hydrogen-bond donors (Lipinski definition) is 2. The average molecular weight is 391 g/mol. The minimum atomic E-state index is -0.315. The van der Waals surface area contributed by atoms with E-state index in [0.717, 1.165) is 11.3 Å². The molecule has 0 saturated carbocycles. The van der Waals surface area contributed by atoms with E-state index in [2.05, 4.69) is 20.3 Å². The molecular formula is C20H17N5O2S. The number of rotatable bonds is 4. The summed E-state index contributed by atoms with van der Waals surface area (Å²) in [5.74, 6) is 0.146. The summed E-state index contributed by atoms with van der Waals surface area (Å²) in [6.45, 7) is 3.79. The van der Waals surface area contributed by atoms with Gasteiger partial charge in [0.25, 0.3) is 0 Å². The molecule has 4 rings (SSSR count). The monoisotopic (exact) mass is 391 g/mol. The summed E-state index contributed by atoms with van der Waals surface area (Å²) in [5, 5.41) is 22.9. The molecule has 8 heteroatoms. The topological polar surface area (TPSA) is 95.6 Å². The zero-order chi connectivity index (χ0) is 19.7. The first-order chi connectivity index (χ1) is 13.5. The molecule has 0 unspecified atom stereocenters. The van der Waals surface area contributed by atoms with Crippen molar-refractivity contribution >= 4 is 22.7 Å². The van der Waals surface area contributed by atoms with Crippen molar-refractivity contribution in [2.75, 3.05) is 0 Å². The molecule has 0 spiro atoms. The molecule has 0 radical (unpaired) electrons. The molecule has 0 aliphatic carbocycles. The van der Waals surface area contributed by atoms with E-state index in [1.165, 1.54) is 33.7 Å². The van der Waals surface area contributed by atoms with Gasteiger partial charge in [-0.3, -0.25) is 9.89 Å². The number of aromatic nitrogens is 3. The Morgan fingerprint density at radius 1 is 1.04 bits per heavy atom. The fourth-order valence-corrected chi connectivity index (χ4v) is 3.43. The second-order valence-electron chi connectivity index (χ2n) is 6.32. The van der Waals surface area contributed by atoms with E-state index in [1.807, 2.05) is 36.6 Å². The molecule has 2 aromatic carbocycles. The van der Waals surface area contributed by atoms with E-state index < -0.39 is 0 Å². The Balaban J connectivity index is 1.65. The summed E-state index contributed by atoms with van der Waals surface area (Å²) >= 11 is 1.37. The fraction of sp³-hybridized carbons (Fsp3) is 0.100. The molecule has 28 heavy (non-hydrogen) atoms. The third-order valence-corrected chi connectivity index (χ3v) is 5.01. The number of phenolic OH excluding ortho intramolecular Hbond substituents is 1. The van der Waals surface area contributed by atoms with Gasteiger partial charge < -0.3 is 5.11 Å². The largest absolute Gasteiger partial charge is 0.508 e. The third kappa shape index (κ3) is 3.49. The summed E-state index contributed by atoms with van der Waals surface area (Å²) in [6, 6.07) is 14.3. The van der Waals surface area contributed by atoms with E-state index >= 15 is 0 Å². The molecule has 140 valence electrons. The third-order valence-electron chi connectivity index (χ3n) is 4.19. The molecule has 0 aliphatic rings. The highest BCUT2D eigenvalue weighted by atomic mass is 32.1. The van der Waals surface area contributed by atoms with Crippen LogP contribution in [-0.2, 0) is 0 Å². The lowest BCUT2D eigenvalue weighted by atomic mass is 10.1. The number of aromatic amines is 1. The molecule has 2 N–H and O–H groups in total. The molecule has 0 atom stereocenters. The Morgan fingerprint density at radius 2 is 1.75 bits per heavy atom. The van der Waals surface area contributed by atoms with Crippen molar-refractivity contribution < 1.29 is 5.11 Å². The average Bonchev–Trinajstić information content (AvgIpc) is 3.27. The lowest BCUT2D eigenvalue weighted by Crippen LogP contribution is -2.13. The molecule has 4 aromatic rings. The first-order valence-corrected chi connectivity index (χ1v) is 9.44. The number of benzene rings is 2. The van der Waals surface area contributed by atoms with Gasteiger partial charge in [-0.15, -0.1) is 16.5 Å². The van der Waals surface area contributed by atoms with Crippen molar-refractivity contribution in [1.82, 2.24) is 14.8 Å². The van der Waals surface area contributed by atoms with Crippen molar-refractivity contribution in [1.29, 1.82) is 0 Å². The van der Waals surface area contributed by atoms with Crippen LogP contribution < -0.4 is 5.56 Å². The van der Waals surface area contributed by atoms with Gasteiger partial charge in [-0.05, 0) is 38.1 Å². The molecule has 7 nitrogen and oxygen atoms in total. The Morgan fingerprint density at radius 3 is 2.46 bits per heavy atom. The minimum Gasteiger partial charge on any atom is -0.508 e. The summed E-state index contributed by atoms with van der Waals surface area (Å²) in [7, 11) is 0. The van der Waals surface area contributed by atoms with Crippen molar-refractivity contribution in [2.24, 2.45) is 10.2 Å². The van der Waals surface area contributed by atoms with Gasteiger partial charge in [0.2, 0.25) is 5.13 Å². The van der Waals surface area contributed by atoms with E-state index in [4.69, 9.17) is 0 Å². The number of H-pyrrole nitrogens is 1. The minimum absolute atomic E-state index is 0.146. The van der Waals surface area contributed by atoms with Gasteiger partial charge in [0.1, 0.15) is 5.75 Å². The molecular weight excluding hydrogens is 374 g/mol. The van der Waals surface area contributed by atoms with E-state index in [1.54, 1.807) is 19.1 Å². The second kappa shape index (κ2) is 7.24. The lowest BCUT2D eigenvalue weighted by molar-refractivity contribution is 0.475. The highest BCUT2D eigenvalue weighted by Gasteiger charge is 2.15. The maximum Gasteiger partial charge on any atom is 0.301 e. The zero-order valence-electron chi connectivity index (χ0n) is 15.2. The summed E-state index contributed by atoms with van der Waals surface area (Å²) < 4.78 is 1.38. The van der Waals surface area contributed by atoms with Crippen LogP contribution in [0.5, 0.6) is 5.75 Å². The number of phenols is 1. The SMILES string of the molecule is Cc1ccc(-c2csc(-n3[nH]c(C)c(N=Nc4ccc(O)cc4)c3=O)n2)cc1. The first-order valence-electron chi connectivity index (χ1n) is 8.56. The van der Waals surface area contributed by atoms with Crippen LogP contribution in [0, 0.1) is 13.8 Å². The molecule has 0 saturated heterocycles. The number of nitrogens with one attached hydrogen (secondary N) is 1. The van der Waals surface area contributed by atoms with Gasteiger partial charge in [-0.2, -0.15) is 9.80 Å². The highest BCUT2D eigenvalue weighted by Crippen LogP contribution is 2.25. The second-order valence-corrected chi connectivity index (χ2v) is 7.16. The first kappa shape index (κ1) is 17.9. The van der Waals surface area contributed by atoms with Crippen LogP contribution in [0.4, 0.5) is 11.4 Å². The molecule has 0 fully saturated rings. The number of aromatic hydroxyl groups is 1. The molecule has 2 aromatic heterocycles. The van der Waals surface area contributed by atoms with Gasteiger partial charge >= 0.3 is 5.56 Å². The number of hydrogen-bond acceptors (Lipinski definition) is 6. The van der Waals surface area contributed by atoms with E-state index in [9.17, 15) is 9.90 Å². The summed E-state index contributed by atoms with van der Waals surface area (Å²) in [5.41, 5.74) is 4.03. The van der Waals surface area contributed by atoms with Crippen LogP contribution in [0.2, 0.25) is 0 Å². The Bertz CT molecular complexity index is 1200. The Kier molecular flexibility index (Phi) is 4.62. The standard InChI is InChI=1S/C20H17N5O2S/c1-12-3-5-14(6-4-12)17-11-28-20(21-17)25-19(27)18(13(2)24-25)23-22-15-7-9-16(26)10-8-15/h3-11,24,26H,1-2H3. The van der Waals surface area contributed by atoms with E-state index in [0.29, 0.717) is 16.5 Å². The molecule has 2 heterocycles. The zero-order valence-corrected chi connectivity index (χ0v) is 16.1. The highest BCUT2D eigenvalue weighted by molar-refractivity contribution is 7.12. The van der Waals surface area contributed by atoms with Crippen LogP contribution in [-0.4, -0.2) is 19.9 Å². The number of aryl methyl sites for hydroxylation is 2. The van der Waals surface area contributed by atoms with Gasteiger partial charge in [-0.1, -0.05) is 29.8 Å². The van der Waals surface area contributed by atoms with Crippen LogP contribution >= 0.6 is 11.3 Å². The Labute approximate surface area is 164 Å². The van der Waals surface area contributed by atoms with Crippen molar-refractivity contribution in [3.05, 3.63) is 75.5 Å². The number of nitrogens with zero attached hydrogens (tertiary/aromatic N) is 4. The van der Waals surface area contributed by atoms with Gasteiger partial charge in [0.05, 0.1) is 17.1 Å². The fourth-order valence-electron chi connectivity index (χ4n) is 2.64. The van der Waals surface area contributed by atoms with Crippen molar-refractivity contribution in [3.8, 4) is 22.1 Å². The maximum atomic E-state index is 12.8. The van der Waals surface area contributed by atoms with Crippen LogP contribution in [0.25, 0.3) is 16.4 Å². The molecule has 0 amide bonds. The molecule has 0 bridgehead atoms. The van der Waals surface area contributed by atoms with Crippen LogP contribution in [0.1, 0.15) is 11.3 Å². The molecule has 0 aliphatic heterocycles. The predicted molar refractivity (Wildman–Crippen MR) is 109 cm³/mol. The van der Waals surface area contributed by atoms with Crippen molar-refractivity contribution in [3.63, 3.8) is 0 Å².